The summed E-state index contributed by atoms with van der Waals surface area (Å²) in [6, 6.07) is 6.31. The van der Waals surface area contributed by atoms with Crippen LogP contribution in [-0.4, -0.2) is 28.9 Å². The van der Waals surface area contributed by atoms with Gasteiger partial charge >= 0.3 is 0 Å². The quantitative estimate of drug-likeness (QED) is 0.835. The number of carbonyl (C=O) groups is 1. The number of benzene rings is 1. The SMILES string of the molecule is O=C(CCOc1ccccc1F)N1CCCC[C@H]1c1nccs1. The van der Waals surface area contributed by atoms with E-state index in [-0.39, 0.29) is 30.7 Å². The number of aromatic nitrogens is 1. The Kier molecular flexibility index (Phi) is 5.23. The Hall–Kier alpha value is -1.95. The number of halogens is 1. The molecule has 1 aromatic carbocycles. The molecule has 2 heterocycles. The number of hydrogen-bond donors (Lipinski definition) is 0. The van der Waals surface area contributed by atoms with E-state index in [4.69, 9.17) is 4.74 Å². The van der Waals surface area contributed by atoms with Gasteiger partial charge in [-0.2, -0.15) is 0 Å². The van der Waals surface area contributed by atoms with Crippen molar-refractivity contribution in [3.8, 4) is 5.75 Å². The largest absolute Gasteiger partial charge is 0.490 e. The summed E-state index contributed by atoms with van der Waals surface area (Å²) >= 11 is 1.59. The van der Waals surface area contributed by atoms with Gasteiger partial charge in [0.2, 0.25) is 5.91 Å². The first-order chi connectivity index (χ1) is 11.3. The zero-order valence-electron chi connectivity index (χ0n) is 12.8. The van der Waals surface area contributed by atoms with Crippen LogP contribution in [-0.2, 0) is 4.79 Å². The Morgan fingerprint density at radius 1 is 1.39 bits per heavy atom. The number of ether oxygens (including phenoxy) is 1. The summed E-state index contributed by atoms with van der Waals surface area (Å²) in [5.74, 6) is -0.171. The number of likely N-dealkylation sites (tertiary alicyclic amines) is 1. The number of hydrogen-bond acceptors (Lipinski definition) is 4. The lowest BCUT2D eigenvalue weighted by Gasteiger charge is -2.34. The molecule has 122 valence electrons. The minimum Gasteiger partial charge on any atom is -0.490 e. The molecule has 1 fully saturated rings. The molecule has 4 nitrogen and oxygen atoms in total. The average molecular weight is 334 g/mol. The van der Waals surface area contributed by atoms with Crippen LogP contribution in [0.2, 0.25) is 0 Å². The number of para-hydroxylation sites is 1. The lowest BCUT2D eigenvalue weighted by molar-refractivity contribution is -0.135. The van der Waals surface area contributed by atoms with Crippen molar-refractivity contribution in [3.05, 3.63) is 46.7 Å². The number of rotatable bonds is 5. The predicted octanol–water partition coefficient (Wildman–Crippen LogP) is 3.80. The average Bonchev–Trinajstić information content (AvgIpc) is 3.11. The van der Waals surface area contributed by atoms with E-state index in [0.717, 1.165) is 30.8 Å². The third-order valence-corrected chi connectivity index (χ3v) is 4.85. The van der Waals surface area contributed by atoms with Gasteiger partial charge < -0.3 is 9.64 Å². The van der Waals surface area contributed by atoms with Crippen molar-refractivity contribution < 1.29 is 13.9 Å². The topological polar surface area (TPSA) is 42.4 Å². The molecule has 1 atom stereocenters. The fraction of sp³-hybridized carbons (Fsp3) is 0.412. The van der Waals surface area contributed by atoms with Gasteiger partial charge in [0.05, 0.1) is 19.1 Å². The van der Waals surface area contributed by atoms with Crippen molar-refractivity contribution in [2.75, 3.05) is 13.2 Å². The van der Waals surface area contributed by atoms with E-state index in [1.807, 2.05) is 10.3 Å². The first-order valence-corrected chi connectivity index (χ1v) is 8.70. The Morgan fingerprint density at radius 3 is 3.04 bits per heavy atom. The molecule has 1 aromatic heterocycles. The summed E-state index contributed by atoms with van der Waals surface area (Å²) in [7, 11) is 0. The third kappa shape index (κ3) is 3.88. The number of thiazole rings is 1. The molecule has 2 aromatic rings. The highest BCUT2D eigenvalue weighted by Crippen LogP contribution is 2.32. The van der Waals surface area contributed by atoms with Crippen molar-refractivity contribution in [3.63, 3.8) is 0 Å². The highest BCUT2D eigenvalue weighted by molar-refractivity contribution is 7.09. The van der Waals surface area contributed by atoms with Crippen LogP contribution < -0.4 is 4.74 Å². The Balaban J connectivity index is 1.57. The lowest BCUT2D eigenvalue weighted by atomic mass is 10.0. The molecule has 1 aliphatic heterocycles. The molecule has 0 radical (unpaired) electrons. The van der Waals surface area contributed by atoms with Gasteiger partial charge in [-0.1, -0.05) is 12.1 Å². The van der Waals surface area contributed by atoms with Gasteiger partial charge in [-0.25, -0.2) is 9.37 Å². The monoisotopic (exact) mass is 334 g/mol. The molecule has 0 N–H and O–H groups in total. The summed E-state index contributed by atoms with van der Waals surface area (Å²) in [4.78, 5) is 18.8. The van der Waals surface area contributed by atoms with E-state index in [2.05, 4.69) is 4.98 Å². The van der Waals surface area contributed by atoms with Gasteiger partial charge in [0.25, 0.3) is 0 Å². The van der Waals surface area contributed by atoms with E-state index in [0.29, 0.717) is 0 Å². The molecule has 0 saturated carbocycles. The smallest absolute Gasteiger partial charge is 0.226 e. The van der Waals surface area contributed by atoms with Gasteiger partial charge in [-0.15, -0.1) is 11.3 Å². The van der Waals surface area contributed by atoms with Gasteiger partial charge in [0.1, 0.15) is 5.01 Å². The fourth-order valence-corrected chi connectivity index (χ4v) is 3.62. The van der Waals surface area contributed by atoms with E-state index < -0.39 is 5.82 Å². The predicted molar refractivity (Wildman–Crippen MR) is 86.9 cm³/mol. The number of piperidine rings is 1. The first kappa shape index (κ1) is 15.9. The summed E-state index contributed by atoms with van der Waals surface area (Å²) in [5, 5.41) is 2.93. The van der Waals surface area contributed by atoms with Crippen molar-refractivity contribution in [2.45, 2.75) is 31.7 Å². The molecule has 0 bridgehead atoms. The highest BCUT2D eigenvalue weighted by Gasteiger charge is 2.29. The molecule has 1 saturated heterocycles. The molecule has 1 aliphatic rings. The first-order valence-electron chi connectivity index (χ1n) is 7.82. The molecule has 1 amide bonds. The van der Waals surface area contributed by atoms with Gasteiger partial charge in [0, 0.05) is 18.1 Å². The van der Waals surface area contributed by atoms with Gasteiger partial charge in [0.15, 0.2) is 11.6 Å². The number of carbonyl (C=O) groups excluding carboxylic acids is 1. The van der Waals surface area contributed by atoms with Gasteiger partial charge in [-0.3, -0.25) is 4.79 Å². The van der Waals surface area contributed by atoms with Crippen molar-refractivity contribution in [2.24, 2.45) is 0 Å². The second kappa shape index (κ2) is 7.55. The van der Waals surface area contributed by atoms with Crippen LogP contribution in [0, 0.1) is 5.82 Å². The van der Waals surface area contributed by atoms with Crippen LogP contribution in [0.3, 0.4) is 0 Å². The van der Waals surface area contributed by atoms with Crippen LogP contribution in [0.15, 0.2) is 35.8 Å². The fourth-order valence-electron chi connectivity index (χ4n) is 2.84. The van der Waals surface area contributed by atoms with Crippen LogP contribution in [0.5, 0.6) is 5.75 Å². The van der Waals surface area contributed by atoms with E-state index in [1.165, 1.54) is 6.07 Å². The minimum absolute atomic E-state index is 0.0428. The molecule has 0 aliphatic carbocycles. The molecule has 23 heavy (non-hydrogen) atoms. The molecule has 0 unspecified atom stereocenters. The number of amides is 1. The van der Waals surface area contributed by atoms with E-state index in [9.17, 15) is 9.18 Å². The van der Waals surface area contributed by atoms with Crippen LogP contribution in [0.25, 0.3) is 0 Å². The maximum atomic E-state index is 13.5. The minimum atomic E-state index is -0.404. The van der Waals surface area contributed by atoms with E-state index in [1.54, 1.807) is 35.7 Å². The van der Waals surface area contributed by atoms with Gasteiger partial charge in [-0.05, 0) is 31.4 Å². The zero-order chi connectivity index (χ0) is 16.1. The maximum Gasteiger partial charge on any atom is 0.226 e. The maximum absolute atomic E-state index is 13.5. The van der Waals surface area contributed by atoms with E-state index >= 15 is 0 Å². The molecule has 3 rings (SSSR count). The molecular weight excluding hydrogens is 315 g/mol. The Labute approximate surface area is 138 Å². The molecule has 6 heteroatoms. The van der Waals surface area contributed by atoms with Crippen LogP contribution in [0.4, 0.5) is 4.39 Å². The Morgan fingerprint density at radius 2 is 2.26 bits per heavy atom. The lowest BCUT2D eigenvalue weighted by Crippen LogP contribution is -2.39. The normalized spacial score (nSPS) is 18.0. The molecular formula is C17H19FN2O2S. The second-order valence-corrected chi connectivity index (χ2v) is 6.42. The summed E-state index contributed by atoms with van der Waals surface area (Å²) in [6.45, 7) is 0.934. The standard InChI is InChI=1S/C17H19FN2O2S/c18-13-5-1-2-7-15(13)22-11-8-16(21)20-10-4-3-6-14(20)17-19-9-12-23-17/h1-2,5,7,9,12,14H,3-4,6,8,10-11H2/t14-/m0/s1. The van der Waals surface area contributed by atoms with Crippen molar-refractivity contribution in [1.82, 2.24) is 9.88 Å². The van der Waals surface area contributed by atoms with Crippen LogP contribution >= 0.6 is 11.3 Å². The zero-order valence-corrected chi connectivity index (χ0v) is 13.6. The van der Waals surface area contributed by atoms with Crippen LogP contribution in [0.1, 0.15) is 36.7 Å². The molecule has 0 spiro atoms. The van der Waals surface area contributed by atoms with Crippen molar-refractivity contribution in [1.29, 1.82) is 0 Å². The third-order valence-electron chi connectivity index (χ3n) is 3.97. The van der Waals surface area contributed by atoms with Crippen molar-refractivity contribution >= 4 is 17.2 Å². The summed E-state index contributed by atoms with van der Waals surface area (Å²) in [6.07, 6.45) is 5.10. The second-order valence-electron chi connectivity index (χ2n) is 5.50. The summed E-state index contributed by atoms with van der Waals surface area (Å²) < 4.78 is 18.9. The summed E-state index contributed by atoms with van der Waals surface area (Å²) in [5.41, 5.74) is 0. The highest BCUT2D eigenvalue weighted by atomic mass is 32.1. The Bertz CT molecular complexity index is 648. The number of nitrogens with zero attached hydrogens (tertiary/aromatic N) is 2.